The van der Waals surface area contributed by atoms with Crippen molar-refractivity contribution in [1.29, 1.82) is 0 Å². The lowest BCUT2D eigenvalue weighted by atomic mass is 9.84. The van der Waals surface area contributed by atoms with Crippen molar-refractivity contribution in [2.75, 3.05) is 0 Å². The maximum atomic E-state index is 13.4. The van der Waals surface area contributed by atoms with Crippen LogP contribution in [0.3, 0.4) is 0 Å². The molecule has 7 heteroatoms. The van der Waals surface area contributed by atoms with Crippen LogP contribution in [-0.2, 0) is 10.2 Å². The Morgan fingerprint density at radius 3 is 2.44 bits per heavy atom. The Morgan fingerprint density at radius 2 is 1.82 bits per heavy atom. The molecule has 1 amide bonds. The summed E-state index contributed by atoms with van der Waals surface area (Å²) < 4.78 is 36.0. The van der Waals surface area contributed by atoms with Crippen LogP contribution < -0.4 is 14.8 Å². The van der Waals surface area contributed by atoms with Gasteiger partial charge >= 0.3 is 6.29 Å². The fourth-order valence-corrected chi connectivity index (χ4v) is 5.36. The first-order valence-electron chi connectivity index (χ1n) is 12.0. The first-order valence-corrected chi connectivity index (χ1v) is 12.0. The zero-order chi connectivity index (χ0) is 24.6. The van der Waals surface area contributed by atoms with Crippen LogP contribution in [0.2, 0.25) is 0 Å². The number of rotatable bonds is 4. The minimum absolute atomic E-state index is 0.0105. The second kappa shape index (κ2) is 7.33. The molecule has 2 unspecified atom stereocenters. The van der Waals surface area contributed by atoms with Crippen LogP contribution in [0.4, 0.5) is 8.78 Å². The van der Waals surface area contributed by atoms with E-state index < -0.39 is 11.7 Å². The van der Waals surface area contributed by atoms with Gasteiger partial charge in [0.2, 0.25) is 5.91 Å². The molecule has 4 aliphatic rings. The lowest BCUT2D eigenvalue weighted by Crippen LogP contribution is -2.39. The molecule has 0 radical (unpaired) electrons. The minimum Gasteiger partial charge on any atom is -0.395 e. The quantitative estimate of drug-likeness (QED) is 0.600. The Labute approximate surface area is 199 Å². The molecule has 1 saturated carbocycles. The SMILES string of the molecule is CC1C(NC(=O)C2(c3ccc4c(c3)OC(F)(F)O4)CC2)=CC=C2C1C=C(C(C)(C)C)N2C(C)C. The molecule has 0 spiro atoms. The summed E-state index contributed by atoms with van der Waals surface area (Å²) in [5, 5.41) is 3.17. The number of amides is 1. The monoisotopic (exact) mass is 470 g/mol. The van der Waals surface area contributed by atoms with Gasteiger partial charge in [-0.1, -0.05) is 39.8 Å². The third-order valence-corrected chi connectivity index (χ3v) is 7.36. The van der Waals surface area contributed by atoms with Crippen molar-refractivity contribution in [3.8, 4) is 11.5 Å². The molecule has 1 aromatic carbocycles. The summed E-state index contributed by atoms with van der Waals surface area (Å²) in [4.78, 5) is 15.9. The molecule has 2 atom stereocenters. The van der Waals surface area contributed by atoms with Crippen LogP contribution in [0.15, 0.2) is 53.5 Å². The summed E-state index contributed by atoms with van der Waals surface area (Å²) >= 11 is 0. The van der Waals surface area contributed by atoms with Crippen LogP contribution in [0.5, 0.6) is 11.5 Å². The second-order valence-electron chi connectivity index (χ2n) is 11.2. The highest BCUT2D eigenvalue weighted by Crippen LogP contribution is 2.52. The molecule has 2 aliphatic heterocycles. The van der Waals surface area contributed by atoms with E-state index in [9.17, 15) is 13.6 Å². The standard InChI is InChI=1S/C27H32F2N2O3/c1-15(2)31-20-9-8-19(16(3)18(20)14-23(31)25(4,5)6)30-24(32)26(11-12-26)17-7-10-21-22(13-17)34-27(28,29)33-21/h7-10,13-16,18H,11-12H2,1-6H3,(H,30,32). The molecule has 5 nitrogen and oxygen atoms in total. The van der Waals surface area contributed by atoms with Crippen molar-refractivity contribution in [1.82, 2.24) is 10.2 Å². The number of carbonyl (C=O) groups excluding carboxylic acids is 1. The van der Waals surface area contributed by atoms with Crippen LogP contribution in [0, 0.1) is 17.3 Å². The van der Waals surface area contributed by atoms with Crippen LogP contribution >= 0.6 is 0 Å². The average Bonchev–Trinajstić information content (AvgIpc) is 3.33. The molecule has 2 heterocycles. The number of ether oxygens (including phenoxy) is 2. The van der Waals surface area contributed by atoms with E-state index in [2.05, 4.69) is 73.4 Å². The van der Waals surface area contributed by atoms with Gasteiger partial charge in [-0.3, -0.25) is 4.79 Å². The number of hydrogen-bond donors (Lipinski definition) is 1. The molecule has 2 aliphatic carbocycles. The van der Waals surface area contributed by atoms with Gasteiger partial charge in [0.15, 0.2) is 11.5 Å². The van der Waals surface area contributed by atoms with Gasteiger partial charge in [0, 0.05) is 40.4 Å². The number of hydrogen-bond acceptors (Lipinski definition) is 4. The zero-order valence-corrected chi connectivity index (χ0v) is 20.5. The molecule has 1 aromatic rings. The van der Waals surface area contributed by atoms with Gasteiger partial charge < -0.3 is 19.7 Å². The van der Waals surface area contributed by atoms with Crippen LogP contribution in [0.1, 0.15) is 59.9 Å². The number of halogens is 2. The largest absolute Gasteiger partial charge is 0.586 e. The van der Waals surface area contributed by atoms with Gasteiger partial charge in [0.05, 0.1) is 5.41 Å². The summed E-state index contributed by atoms with van der Waals surface area (Å²) in [5.74, 6) is 0.158. The topological polar surface area (TPSA) is 50.8 Å². The molecule has 0 saturated heterocycles. The zero-order valence-electron chi connectivity index (χ0n) is 20.5. The Balaban J connectivity index is 1.38. The van der Waals surface area contributed by atoms with E-state index in [1.54, 1.807) is 6.07 Å². The third kappa shape index (κ3) is 3.60. The van der Waals surface area contributed by atoms with Crippen molar-refractivity contribution in [2.24, 2.45) is 17.3 Å². The molecule has 34 heavy (non-hydrogen) atoms. The lowest BCUT2D eigenvalue weighted by molar-refractivity contribution is -0.286. The fraction of sp³-hybridized carbons (Fsp3) is 0.519. The predicted molar refractivity (Wildman–Crippen MR) is 125 cm³/mol. The van der Waals surface area contributed by atoms with Crippen molar-refractivity contribution in [2.45, 2.75) is 72.1 Å². The molecule has 182 valence electrons. The molecule has 1 N–H and O–H groups in total. The summed E-state index contributed by atoms with van der Waals surface area (Å²) in [6.45, 7) is 13.2. The summed E-state index contributed by atoms with van der Waals surface area (Å²) in [7, 11) is 0. The number of benzene rings is 1. The Hall–Kier alpha value is -2.83. The number of nitrogens with one attached hydrogen (secondary N) is 1. The third-order valence-electron chi connectivity index (χ3n) is 7.36. The summed E-state index contributed by atoms with van der Waals surface area (Å²) in [6.07, 6.45) is 4.14. The molecule has 0 aromatic heterocycles. The van der Waals surface area contributed by atoms with Crippen LogP contribution in [-0.4, -0.2) is 23.1 Å². The van der Waals surface area contributed by atoms with Gasteiger partial charge in [0.1, 0.15) is 0 Å². The lowest BCUT2D eigenvalue weighted by Gasteiger charge is -2.37. The van der Waals surface area contributed by atoms with E-state index >= 15 is 0 Å². The maximum absolute atomic E-state index is 13.4. The molecule has 0 bridgehead atoms. The molecule has 5 rings (SSSR count). The first-order chi connectivity index (χ1) is 15.8. The van der Waals surface area contributed by atoms with Gasteiger partial charge in [-0.2, -0.15) is 0 Å². The van der Waals surface area contributed by atoms with Gasteiger partial charge in [-0.05, 0) is 56.5 Å². The highest BCUT2D eigenvalue weighted by molar-refractivity contribution is 5.92. The van der Waals surface area contributed by atoms with E-state index in [1.165, 1.54) is 23.5 Å². The number of alkyl halides is 2. The van der Waals surface area contributed by atoms with Crippen LogP contribution in [0.25, 0.3) is 0 Å². The van der Waals surface area contributed by atoms with Crippen molar-refractivity contribution >= 4 is 5.91 Å². The van der Waals surface area contributed by atoms with E-state index in [-0.39, 0.29) is 34.7 Å². The van der Waals surface area contributed by atoms with Gasteiger partial charge in [0.25, 0.3) is 0 Å². The number of carbonyl (C=O) groups is 1. The number of allylic oxidation sites excluding steroid dienone is 5. The fourth-order valence-electron chi connectivity index (χ4n) is 5.36. The Bertz CT molecular complexity index is 1140. The van der Waals surface area contributed by atoms with Gasteiger partial charge in [-0.15, -0.1) is 8.78 Å². The van der Waals surface area contributed by atoms with Crippen molar-refractivity contribution in [3.63, 3.8) is 0 Å². The number of nitrogens with zero attached hydrogens (tertiary/aromatic N) is 1. The Morgan fingerprint density at radius 1 is 1.15 bits per heavy atom. The van der Waals surface area contributed by atoms with E-state index in [4.69, 9.17) is 0 Å². The van der Waals surface area contributed by atoms with E-state index in [0.29, 0.717) is 24.4 Å². The molecular weight excluding hydrogens is 438 g/mol. The summed E-state index contributed by atoms with van der Waals surface area (Å²) in [6, 6.07) is 4.98. The van der Waals surface area contributed by atoms with Crippen molar-refractivity contribution in [3.05, 3.63) is 59.1 Å². The summed E-state index contributed by atoms with van der Waals surface area (Å²) in [5.41, 5.74) is 3.41. The second-order valence-corrected chi connectivity index (χ2v) is 11.2. The molecule has 1 fully saturated rings. The van der Waals surface area contributed by atoms with Crippen molar-refractivity contribution < 1.29 is 23.0 Å². The normalized spacial score (nSPS) is 26.0. The van der Waals surface area contributed by atoms with Gasteiger partial charge in [-0.25, -0.2) is 0 Å². The highest BCUT2D eigenvalue weighted by atomic mass is 19.3. The van der Waals surface area contributed by atoms with E-state index in [0.717, 1.165) is 5.70 Å². The highest BCUT2D eigenvalue weighted by Gasteiger charge is 2.53. The smallest absolute Gasteiger partial charge is 0.395 e. The first kappa shape index (κ1) is 22.9. The maximum Gasteiger partial charge on any atom is 0.586 e. The van der Waals surface area contributed by atoms with E-state index in [1.807, 2.05) is 6.08 Å². The Kier molecular flexibility index (Phi) is 4.95. The average molecular weight is 471 g/mol. The minimum atomic E-state index is -3.67. The number of fused-ring (bicyclic) bond motifs is 2. The predicted octanol–water partition coefficient (Wildman–Crippen LogP) is 5.84. The molecular formula is C27H32F2N2O3.